The predicted octanol–water partition coefficient (Wildman–Crippen LogP) is 3.97. The second-order valence-corrected chi connectivity index (χ2v) is 8.11. The lowest BCUT2D eigenvalue weighted by Crippen LogP contribution is -2.38. The van der Waals surface area contributed by atoms with Crippen molar-refractivity contribution in [3.63, 3.8) is 0 Å². The molecule has 0 amide bonds. The van der Waals surface area contributed by atoms with Crippen molar-refractivity contribution < 1.29 is 4.74 Å². The van der Waals surface area contributed by atoms with Crippen LogP contribution < -0.4 is 15.4 Å². The number of benzene rings is 1. The van der Waals surface area contributed by atoms with Crippen molar-refractivity contribution in [3.8, 4) is 5.75 Å². The first-order chi connectivity index (χ1) is 14.5. The van der Waals surface area contributed by atoms with Crippen molar-refractivity contribution in [2.24, 2.45) is 18.0 Å². The number of hydrogen-bond acceptors (Lipinski definition) is 4. The predicted molar refractivity (Wildman–Crippen MR) is 123 cm³/mol. The van der Waals surface area contributed by atoms with Crippen LogP contribution in [0.1, 0.15) is 63.2 Å². The minimum absolute atomic E-state index is 0.584. The summed E-state index contributed by atoms with van der Waals surface area (Å²) in [6.45, 7) is 8.63. The lowest BCUT2D eigenvalue weighted by molar-refractivity contribution is 0.414. The van der Waals surface area contributed by atoms with Gasteiger partial charge in [0.1, 0.15) is 11.6 Å². The molecule has 0 aliphatic heterocycles. The van der Waals surface area contributed by atoms with Crippen LogP contribution in [0, 0.1) is 12.8 Å². The Hall–Kier alpha value is -2.57. The maximum atomic E-state index is 5.23. The molecular formula is C23H38N6O. The van der Waals surface area contributed by atoms with Crippen molar-refractivity contribution in [1.29, 1.82) is 0 Å². The number of nitrogens with one attached hydrogen (secondary N) is 2. The van der Waals surface area contributed by atoms with Crippen LogP contribution >= 0.6 is 0 Å². The van der Waals surface area contributed by atoms with E-state index in [1.165, 1.54) is 25.7 Å². The number of aliphatic imine (C=N–C) groups is 1. The first kappa shape index (κ1) is 23.7. The largest absolute Gasteiger partial charge is 0.497 e. The molecule has 7 heteroatoms. The van der Waals surface area contributed by atoms with E-state index < -0.39 is 0 Å². The molecule has 1 heterocycles. The van der Waals surface area contributed by atoms with Crippen molar-refractivity contribution >= 4 is 5.96 Å². The van der Waals surface area contributed by atoms with Gasteiger partial charge in [-0.1, -0.05) is 51.7 Å². The number of guanidine groups is 1. The average molecular weight is 415 g/mol. The summed E-state index contributed by atoms with van der Waals surface area (Å²) >= 11 is 0. The van der Waals surface area contributed by atoms with Crippen LogP contribution in [0.3, 0.4) is 0 Å². The summed E-state index contributed by atoms with van der Waals surface area (Å²) in [6, 6.07) is 8.01. The van der Waals surface area contributed by atoms with Crippen LogP contribution in [-0.4, -0.2) is 34.4 Å². The molecule has 0 saturated heterocycles. The summed E-state index contributed by atoms with van der Waals surface area (Å²) in [5, 5.41) is 15.2. The molecule has 30 heavy (non-hydrogen) atoms. The third-order valence-corrected chi connectivity index (χ3v) is 5.18. The van der Waals surface area contributed by atoms with Gasteiger partial charge in [-0.05, 0) is 37.0 Å². The molecule has 2 rings (SSSR count). The minimum Gasteiger partial charge on any atom is -0.497 e. The molecule has 0 atom stereocenters. The number of rotatable bonds is 12. The normalized spacial score (nSPS) is 11.7. The van der Waals surface area contributed by atoms with Crippen LogP contribution in [0.2, 0.25) is 0 Å². The maximum absolute atomic E-state index is 5.23. The lowest BCUT2D eigenvalue weighted by Gasteiger charge is -2.13. The van der Waals surface area contributed by atoms with Gasteiger partial charge in [0.05, 0.1) is 20.2 Å². The number of nitrogens with zero attached hydrogens (tertiary/aromatic N) is 4. The Morgan fingerprint density at radius 2 is 1.80 bits per heavy atom. The Labute approximate surface area is 181 Å². The van der Waals surface area contributed by atoms with E-state index in [0.29, 0.717) is 13.1 Å². The molecule has 0 fully saturated rings. The van der Waals surface area contributed by atoms with Crippen molar-refractivity contribution in [1.82, 2.24) is 25.4 Å². The molecule has 166 valence electrons. The molecule has 7 nitrogen and oxygen atoms in total. The van der Waals surface area contributed by atoms with Gasteiger partial charge < -0.3 is 19.9 Å². The SMILES string of the molecule is COc1ccc(CN=C(NCCCCCCC(C)C)NCc2nnc(C)n2C)cc1. The molecule has 0 radical (unpaired) electrons. The van der Waals surface area contributed by atoms with E-state index in [4.69, 9.17) is 9.73 Å². The Balaban J connectivity index is 1.87. The monoisotopic (exact) mass is 414 g/mol. The standard InChI is InChI=1S/C23H38N6O/c1-18(2)10-8-6-7-9-15-24-23(26-17-22-28-27-19(3)29(22)4)25-16-20-11-13-21(30-5)14-12-20/h11-14,18H,6-10,15-17H2,1-5H3,(H2,24,25,26). The summed E-state index contributed by atoms with van der Waals surface area (Å²) in [5.41, 5.74) is 1.14. The number of unbranched alkanes of at least 4 members (excludes halogenated alkanes) is 3. The fourth-order valence-corrected chi connectivity index (χ4v) is 3.08. The Kier molecular flexibility index (Phi) is 10.2. The van der Waals surface area contributed by atoms with Gasteiger partial charge in [-0.25, -0.2) is 4.99 Å². The minimum atomic E-state index is 0.584. The van der Waals surface area contributed by atoms with E-state index in [1.54, 1.807) is 7.11 Å². The highest BCUT2D eigenvalue weighted by Crippen LogP contribution is 2.12. The summed E-state index contributed by atoms with van der Waals surface area (Å²) in [6.07, 6.45) is 6.32. The number of hydrogen-bond donors (Lipinski definition) is 2. The number of methoxy groups -OCH3 is 1. The summed E-state index contributed by atoms with van der Waals surface area (Å²) < 4.78 is 7.22. The first-order valence-electron chi connectivity index (χ1n) is 11.0. The molecule has 2 aromatic rings. The zero-order valence-electron chi connectivity index (χ0n) is 19.2. The van der Waals surface area contributed by atoms with Gasteiger partial charge in [-0.2, -0.15) is 0 Å². The highest BCUT2D eigenvalue weighted by atomic mass is 16.5. The Morgan fingerprint density at radius 3 is 2.43 bits per heavy atom. The van der Waals surface area contributed by atoms with Gasteiger partial charge in [0.25, 0.3) is 0 Å². The molecule has 1 aromatic heterocycles. The van der Waals surface area contributed by atoms with E-state index in [0.717, 1.165) is 47.8 Å². The van der Waals surface area contributed by atoms with E-state index in [9.17, 15) is 0 Å². The molecule has 0 spiro atoms. The van der Waals surface area contributed by atoms with Crippen LogP contribution in [0.5, 0.6) is 5.75 Å². The summed E-state index contributed by atoms with van der Waals surface area (Å²) in [7, 11) is 3.65. The maximum Gasteiger partial charge on any atom is 0.191 e. The number of aryl methyl sites for hydroxylation is 1. The van der Waals surface area contributed by atoms with Gasteiger partial charge in [-0.3, -0.25) is 0 Å². The van der Waals surface area contributed by atoms with Crippen molar-refractivity contribution in [2.75, 3.05) is 13.7 Å². The van der Waals surface area contributed by atoms with Gasteiger partial charge in [0.2, 0.25) is 0 Å². The summed E-state index contributed by atoms with van der Waals surface area (Å²) in [5.74, 6) is 4.24. The molecule has 0 bridgehead atoms. The fraction of sp³-hybridized carbons (Fsp3) is 0.609. The van der Waals surface area contributed by atoms with Gasteiger partial charge in [-0.15, -0.1) is 10.2 Å². The quantitative estimate of drug-likeness (QED) is 0.312. The second-order valence-electron chi connectivity index (χ2n) is 8.11. The smallest absolute Gasteiger partial charge is 0.191 e. The first-order valence-corrected chi connectivity index (χ1v) is 11.0. The molecule has 0 aliphatic rings. The Bertz CT molecular complexity index is 767. The van der Waals surface area contributed by atoms with Crippen LogP contribution in [0.15, 0.2) is 29.3 Å². The van der Waals surface area contributed by atoms with Crippen LogP contribution in [-0.2, 0) is 20.1 Å². The molecule has 0 saturated carbocycles. The van der Waals surface area contributed by atoms with E-state index >= 15 is 0 Å². The zero-order chi connectivity index (χ0) is 21.8. The highest BCUT2D eigenvalue weighted by Gasteiger charge is 2.06. The molecule has 0 unspecified atom stereocenters. The van der Waals surface area contributed by atoms with Crippen LogP contribution in [0.25, 0.3) is 0 Å². The zero-order valence-corrected chi connectivity index (χ0v) is 19.2. The van der Waals surface area contributed by atoms with E-state index in [1.807, 2.05) is 42.8 Å². The highest BCUT2D eigenvalue weighted by molar-refractivity contribution is 5.79. The third kappa shape index (κ3) is 8.43. The van der Waals surface area contributed by atoms with E-state index in [-0.39, 0.29) is 0 Å². The topological polar surface area (TPSA) is 76.4 Å². The van der Waals surface area contributed by atoms with Gasteiger partial charge >= 0.3 is 0 Å². The Morgan fingerprint density at radius 1 is 1.07 bits per heavy atom. The second kappa shape index (κ2) is 12.9. The molecular weight excluding hydrogens is 376 g/mol. The van der Waals surface area contributed by atoms with E-state index in [2.05, 4.69) is 34.7 Å². The van der Waals surface area contributed by atoms with Gasteiger partial charge in [0.15, 0.2) is 11.8 Å². The fourth-order valence-electron chi connectivity index (χ4n) is 3.08. The third-order valence-electron chi connectivity index (χ3n) is 5.18. The number of ether oxygens (including phenoxy) is 1. The van der Waals surface area contributed by atoms with Crippen molar-refractivity contribution in [3.05, 3.63) is 41.5 Å². The van der Waals surface area contributed by atoms with Crippen molar-refractivity contribution in [2.45, 2.75) is 66.0 Å². The van der Waals surface area contributed by atoms with Crippen LogP contribution in [0.4, 0.5) is 0 Å². The average Bonchev–Trinajstić information content (AvgIpc) is 3.06. The summed E-state index contributed by atoms with van der Waals surface area (Å²) in [4.78, 5) is 4.75. The molecule has 2 N–H and O–H groups in total. The van der Waals surface area contributed by atoms with Gasteiger partial charge in [0, 0.05) is 13.6 Å². The molecule has 1 aromatic carbocycles. The lowest BCUT2D eigenvalue weighted by atomic mass is 10.0. The molecule has 0 aliphatic carbocycles. The number of aromatic nitrogens is 3.